The van der Waals surface area contributed by atoms with Crippen molar-refractivity contribution in [1.29, 1.82) is 0 Å². The summed E-state index contributed by atoms with van der Waals surface area (Å²) < 4.78 is 37.0. The van der Waals surface area contributed by atoms with Gasteiger partial charge in [0.2, 0.25) is 11.7 Å². The SMILES string of the molecule is C=C/C=C\C(=C/C(C)F)Oc1cc(C)c(-n2ncc(C(=O)c3cc4cc(OF)c(NSC5CC5)cc4[nH]3)c2N)cn1. The third-order valence-electron chi connectivity index (χ3n) is 6.26. The molecule has 1 aromatic carbocycles. The number of aromatic amines is 1. The van der Waals surface area contributed by atoms with Gasteiger partial charge in [-0.2, -0.15) is 5.10 Å². The van der Waals surface area contributed by atoms with E-state index >= 15 is 0 Å². The van der Waals surface area contributed by atoms with Crippen LogP contribution < -0.4 is 20.1 Å². The minimum Gasteiger partial charge on any atom is -0.439 e. The normalized spacial score (nSPS) is 14.4. The quantitative estimate of drug-likeness (QED) is 0.0734. The predicted molar refractivity (Wildman–Crippen MR) is 157 cm³/mol. The second-order valence-electron chi connectivity index (χ2n) is 9.55. The third kappa shape index (κ3) is 6.27. The topological polar surface area (TPSA) is 120 Å². The summed E-state index contributed by atoms with van der Waals surface area (Å²) in [4.78, 5) is 24.9. The summed E-state index contributed by atoms with van der Waals surface area (Å²) in [5.41, 5.74) is 9.14. The van der Waals surface area contributed by atoms with Crippen molar-refractivity contribution in [2.24, 2.45) is 0 Å². The molecule has 3 aromatic heterocycles. The lowest BCUT2D eigenvalue weighted by Gasteiger charge is -2.11. The molecule has 0 bridgehead atoms. The molecule has 0 spiro atoms. The first kappa shape index (κ1) is 28.0. The molecule has 1 aliphatic carbocycles. The van der Waals surface area contributed by atoms with Crippen molar-refractivity contribution in [3.05, 3.63) is 90.1 Å². The summed E-state index contributed by atoms with van der Waals surface area (Å²) in [6.45, 7) is 6.81. The number of ketones is 1. The highest BCUT2D eigenvalue weighted by molar-refractivity contribution is 8.01. The molecule has 4 aromatic rings. The molecule has 41 heavy (non-hydrogen) atoms. The Labute approximate surface area is 239 Å². The molecule has 12 heteroatoms. The highest BCUT2D eigenvalue weighted by Crippen LogP contribution is 2.39. The molecule has 212 valence electrons. The number of nitrogens with zero attached hydrogens (tertiary/aromatic N) is 3. The van der Waals surface area contributed by atoms with Crippen molar-refractivity contribution in [3.8, 4) is 17.3 Å². The average Bonchev–Trinajstić information content (AvgIpc) is 3.57. The number of aryl methyl sites for hydroxylation is 1. The van der Waals surface area contributed by atoms with Crippen molar-refractivity contribution >= 4 is 40.1 Å². The van der Waals surface area contributed by atoms with Crippen LogP contribution in [0.1, 0.15) is 41.4 Å². The van der Waals surface area contributed by atoms with E-state index in [1.54, 1.807) is 36.4 Å². The van der Waals surface area contributed by atoms with Gasteiger partial charge in [-0.15, -0.1) is 0 Å². The van der Waals surface area contributed by atoms with Crippen LogP contribution in [0.4, 0.5) is 20.4 Å². The van der Waals surface area contributed by atoms with E-state index in [1.165, 1.54) is 48.1 Å². The zero-order valence-electron chi connectivity index (χ0n) is 22.4. The standard InChI is InChI=1S/C29H28F2N6O3S/c1-4-5-6-19(10-17(3)30)39-27-9-16(2)25(15-33-27)37-29(32)21(14-34-37)28(38)24-11-18-12-26(40-31)23(13-22(18)35-24)36-41-20-7-8-20/h4-6,9-15,17,20,35-36H,1,7-8,32H2,2-3H3/b6-5-,19-10+. The second kappa shape index (κ2) is 11.9. The maximum atomic E-state index is 13.5. The zero-order valence-corrected chi connectivity index (χ0v) is 23.2. The molecule has 1 atom stereocenters. The molecule has 0 saturated heterocycles. The van der Waals surface area contributed by atoms with E-state index in [0.717, 1.165) is 12.8 Å². The van der Waals surface area contributed by atoms with Crippen LogP contribution >= 0.6 is 11.9 Å². The molecular formula is C29H28F2N6O3S. The summed E-state index contributed by atoms with van der Waals surface area (Å²) in [7, 11) is 0. The predicted octanol–water partition coefficient (Wildman–Crippen LogP) is 6.72. The largest absolute Gasteiger partial charge is 0.439 e. The van der Waals surface area contributed by atoms with Gasteiger partial charge in [0.1, 0.15) is 17.7 Å². The van der Waals surface area contributed by atoms with Crippen molar-refractivity contribution in [2.75, 3.05) is 10.5 Å². The number of allylic oxidation sites excluding steroid dienone is 4. The molecule has 1 aliphatic rings. The number of halogens is 2. The van der Waals surface area contributed by atoms with Crippen molar-refractivity contribution in [3.63, 3.8) is 0 Å². The van der Waals surface area contributed by atoms with E-state index in [0.29, 0.717) is 33.1 Å². The number of ether oxygens (including phenoxy) is 1. The van der Waals surface area contributed by atoms with E-state index in [-0.39, 0.29) is 40.2 Å². The van der Waals surface area contributed by atoms with Crippen LogP contribution in [-0.2, 0) is 0 Å². The van der Waals surface area contributed by atoms with Gasteiger partial charge in [0, 0.05) is 26.7 Å². The summed E-state index contributed by atoms with van der Waals surface area (Å²) in [5, 5.41) is 5.42. The number of carbonyl (C=O) groups excluding carboxylic acids is 1. The Morgan fingerprint density at radius 1 is 1.32 bits per heavy atom. The van der Waals surface area contributed by atoms with E-state index in [2.05, 4.69) is 31.3 Å². The van der Waals surface area contributed by atoms with Gasteiger partial charge >= 0.3 is 0 Å². The fourth-order valence-electron chi connectivity index (χ4n) is 4.06. The number of alkyl halides is 1. The molecule has 1 saturated carbocycles. The Morgan fingerprint density at radius 3 is 2.80 bits per heavy atom. The summed E-state index contributed by atoms with van der Waals surface area (Å²) in [6, 6.07) is 6.49. The average molecular weight is 579 g/mol. The number of nitrogen functional groups attached to an aromatic ring is 1. The number of benzene rings is 1. The van der Waals surface area contributed by atoms with Crippen molar-refractivity contribution in [2.45, 2.75) is 38.1 Å². The first-order chi connectivity index (χ1) is 19.8. The number of H-pyrrole nitrogens is 1. The Balaban J connectivity index is 1.38. The van der Waals surface area contributed by atoms with Gasteiger partial charge in [-0.3, -0.25) is 9.74 Å². The van der Waals surface area contributed by atoms with E-state index in [1.807, 2.05) is 6.92 Å². The van der Waals surface area contributed by atoms with Crippen LogP contribution in [-0.4, -0.2) is 37.0 Å². The molecule has 1 fully saturated rings. The fourth-order valence-corrected chi connectivity index (χ4v) is 4.89. The van der Waals surface area contributed by atoms with Crippen LogP contribution in [0.25, 0.3) is 16.6 Å². The van der Waals surface area contributed by atoms with E-state index in [4.69, 9.17) is 10.5 Å². The van der Waals surface area contributed by atoms with Crippen LogP contribution in [0, 0.1) is 6.92 Å². The summed E-state index contributed by atoms with van der Waals surface area (Å²) in [5.74, 6) is 0.283. The number of rotatable bonds is 12. The van der Waals surface area contributed by atoms with Crippen LogP contribution in [0.15, 0.2) is 73.3 Å². The molecular weight excluding hydrogens is 550 g/mol. The smallest absolute Gasteiger partial charge is 0.219 e. The number of fused-ring (bicyclic) bond motifs is 1. The first-order valence-electron chi connectivity index (χ1n) is 12.8. The summed E-state index contributed by atoms with van der Waals surface area (Å²) in [6.07, 6.45) is 9.96. The van der Waals surface area contributed by atoms with Gasteiger partial charge in [-0.1, -0.05) is 18.7 Å². The molecule has 5 rings (SSSR count). The molecule has 3 heterocycles. The van der Waals surface area contributed by atoms with Gasteiger partial charge in [0.25, 0.3) is 0 Å². The van der Waals surface area contributed by atoms with Crippen LogP contribution in [0.2, 0.25) is 0 Å². The number of pyridine rings is 1. The monoisotopic (exact) mass is 578 g/mol. The number of aromatic nitrogens is 4. The van der Waals surface area contributed by atoms with Crippen molar-refractivity contribution in [1.82, 2.24) is 19.7 Å². The molecule has 0 aliphatic heterocycles. The van der Waals surface area contributed by atoms with Gasteiger partial charge < -0.3 is 20.2 Å². The number of nitrogens with one attached hydrogen (secondary N) is 2. The fraction of sp³-hybridized carbons (Fsp3) is 0.207. The van der Waals surface area contributed by atoms with Crippen molar-refractivity contribution < 1.29 is 23.4 Å². The van der Waals surface area contributed by atoms with Gasteiger partial charge in [-0.25, -0.2) is 14.1 Å². The van der Waals surface area contributed by atoms with Gasteiger partial charge in [0.05, 0.1) is 35.0 Å². The van der Waals surface area contributed by atoms with E-state index in [9.17, 15) is 13.7 Å². The van der Waals surface area contributed by atoms with Gasteiger partial charge in [0.15, 0.2) is 5.75 Å². The lowest BCUT2D eigenvalue weighted by atomic mass is 10.1. The second-order valence-corrected chi connectivity index (χ2v) is 10.7. The highest BCUT2D eigenvalue weighted by atomic mass is 32.2. The number of anilines is 2. The molecule has 0 radical (unpaired) electrons. The summed E-state index contributed by atoms with van der Waals surface area (Å²) >= 11 is 1.51. The minimum atomic E-state index is -1.22. The minimum absolute atomic E-state index is 0.0323. The molecule has 9 nitrogen and oxygen atoms in total. The Kier molecular flexibility index (Phi) is 8.11. The van der Waals surface area contributed by atoms with Crippen LogP contribution in [0.5, 0.6) is 11.6 Å². The maximum absolute atomic E-state index is 13.5. The third-order valence-corrected chi connectivity index (χ3v) is 7.40. The first-order valence-corrected chi connectivity index (χ1v) is 13.7. The van der Waals surface area contributed by atoms with Gasteiger partial charge in [-0.05, 0) is 74.6 Å². The lowest BCUT2D eigenvalue weighted by Crippen LogP contribution is -2.09. The zero-order chi connectivity index (χ0) is 29.1. The Morgan fingerprint density at radius 2 is 2.12 bits per heavy atom. The maximum Gasteiger partial charge on any atom is 0.219 e. The number of hydrogen-bond acceptors (Lipinski definition) is 8. The molecule has 0 amide bonds. The number of carbonyl (C=O) groups is 1. The molecule has 4 N–H and O–H groups in total. The highest BCUT2D eigenvalue weighted by Gasteiger charge is 2.24. The Bertz CT molecular complexity index is 1670. The van der Waals surface area contributed by atoms with Crippen LogP contribution in [0.3, 0.4) is 0 Å². The van der Waals surface area contributed by atoms with E-state index < -0.39 is 6.17 Å². The molecule has 1 unspecified atom stereocenters. The number of hydrogen-bond donors (Lipinski definition) is 3. The Hall–Kier alpha value is -4.58. The number of nitrogens with two attached hydrogens (primary N) is 1. The lowest BCUT2D eigenvalue weighted by molar-refractivity contribution is -0.00504.